The van der Waals surface area contributed by atoms with Crippen molar-refractivity contribution in [3.05, 3.63) is 51.8 Å². The molecule has 0 unspecified atom stereocenters. The van der Waals surface area contributed by atoms with Gasteiger partial charge in [0, 0.05) is 0 Å². The second-order valence-electron chi connectivity index (χ2n) is 3.95. The number of aromatic nitrogens is 2. The maximum atomic E-state index is 8.72. The maximum absolute atomic E-state index is 8.72. The molecule has 1 heterocycles. The topological polar surface area (TPSA) is 41.6 Å². The van der Waals surface area contributed by atoms with E-state index in [1.165, 1.54) is 0 Å². The standard InChI is InChI=1S/C13H12ClN3/c1-9-13(14)10(2)17(16-9)8-12-5-3-11(7-15)4-6-12/h3-6H,8H2,1-2H3. The fraction of sp³-hybridized carbons (Fsp3) is 0.231. The Morgan fingerprint density at radius 1 is 1.29 bits per heavy atom. The first-order chi connectivity index (χ1) is 8.11. The molecule has 0 aliphatic carbocycles. The Hall–Kier alpha value is -1.79. The highest BCUT2D eigenvalue weighted by Crippen LogP contribution is 2.19. The molecule has 0 saturated carbocycles. The van der Waals surface area contributed by atoms with Crippen molar-refractivity contribution < 1.29 is 0 Å². The van der Waals surface area contributed by atoms with Crippen molar-refractivity contribution >= 4 is 11.6 Å². The zero-order valence-electron chi connectivity index (χ0n) is 9.74. The molecule has 2 aromatic rings. The van der Waals surface area contributed by atoms with E-state index in [4.69, 9.17) is 16.9 Å². The zero-order chi connectivity index (χ0) is 12.4. The molecule has 1 aromatic carbocycles. The van der Waals surface area contributed by atoms with Crippen molar-refractivity contribution in [1.82, 2.24) is 9.78 Å². The van der Waals surface area contributed by atoms with E-state index in [-0.39, 0.29) is 0 Å². The van der Waals surface area contributed by atoms with Crippen LogP contribution in [-0.4, -0.2) is 9.78 Å². The van der Waals surface area contributed by atoms with E-state index in [0.29, 0.717) is 12.1 Å². The lowest BCUT2D eigenvalue weighted by molar-refractivity contribution is 0.659. The van der Waals surface area contributed by atoms with Gasteiger partial charge in [-0.15, -0.1) is 0 Å². The van der Waals surface area contributed by atoms with Gasteiger partial charge in [0.2, 0.25) is 0 Å². The molecular weight excluding hydrogens is 234 g/mol. The first kappa shape index (κ1) is 11.7. The fourth-order valence-electron chi connectivity index (χ4n) is 1.69. The van der Waals surface area contributed by atoms with E-state index in [0.717, 1.165) is 22.0 Å². The Bertz CT molecular complexity index is 576. The number of nitrogens with zero attached hydrogens (tertiary/aromatic N) is 3. The van der Waals surface area contributed by atoms with Gasteiger partial charge in [-0.2, -0.15) is 10.4 Å². The van der Waals surface area contributed by atoms with Gasteiger partial charge in [-0.1, -0.05) is 23.7 Å². The van der Waals surface area contributed by atoms with E-state index in [9.17, 15) is 0 Å². The molecule has 0 amide bonds. The summed E-state index contributed by atoms with van der Waals surface area (Å²) in [6.45, 7) is 4.52. The first-order valence-corrected chi connectivity index (χ1v) is 5.68. The number of hydrogen-bond donors (Lipinski definition) is 0. The summed E-state index contributed by atoms with van der Waals surface area (Å²) < 4.78 is 1.87. The number of aryl methyl sites for hydroxylation is 1. The number of halogens is 1. The van der Waals surface area contributed by atoms with E-state index in [1.807, 2.05) is 42.8 Å². The molecule has 2 rings (SSSR count). The molecule has 17 heavy (non-hydrogen) atoms. The summed E-state index contributed by atoms with van der Waals surface area (Å²) in [6.07, 6.45) is 0. The van der Waals surface area contributed by atoms with Crippen molar-refractivity contribution in [2.24, 2.45) is 0 Å². The number of nitriles is 1. The lowest BCUT2D eigenvalue weighted by Gasteiger charge is -2.04. The SMILES string of the molecule is Cc1nn(Cc2ccc(C#N)cc2)c(C)c1Cl. The largest absolute Gasteiger partial charge is 0.264 e. The second kappa shape index (κ2) is 4.60. The summed E-state index contributed by atoms with van der Waals surface area (Å²) >= 11 is 6.09. The maximum Gasteiger partial charge on any atom is 0.0991 e. The first-order valence-electron chi connectivity index (χ1n) is 5.30. The Balaban J connectivity index is 2.26. The third-order valence-electron chi connectivity index (χ3n) is 2.71. The van der Waals surface area contributed by atoms with Gasteiger partial charge in [-0.25, -0.2) is 0 Å². The molecule has 4 heteroatoms. The minimum absolute atomic E-state index is 0.667. The van der Waals surface area contributed by atoms with Crippen molar-refractivity contribution in [2.45, 2.75) is 20.4 Å². The molecular formula is C13H12ClN3. The number of benzene rings is 1. The van der Waals surface area contributed by atoms with E-state index < -0.39 is 0 Å². The summed E-state index contributed by atoms with van der Waals surface area (Å²) in [5.41, 5.74) is 3.58. The number of hydrogen-bond acceptors (Lipinski definition) is 2. The third kappa shape index (κ3) is 2.32. The third-order valence-corrected chi connectivity index (χ3v) is 3.26. The van der Waals surface area contributed by atoms with Gasteiger partial charge in [-0.3, -0.25) is 4.68 Å². The van der Waals surface area contributed by atoms with Gasteiger partial charge in [-0.05, 0) is 31.5 Å². The smallest absolute Gasteiger partial charge is 0.0991 e. The summed E-state index contributed by atoms with van der Waals surface area (Å²) in [6, 6.07) is 9.58. The lowest BCUT2D eigenvalue weighted by atomic mass is 10.1. The quantitative estimate of drug-likeness (QED) is 0.816. The molecule has 0 fully saturated rings. The van der Waals surface area contributed by atoms with Crippen LogP contribution in [0.2, 0.25) is 5.02 Å². The Labute approximate surface area is 105 Å². The molecule has 0 bridgehead atoms. The molecule has 0 aliphatic heterocycles. The van der Waals surface area contributed by atoms with Crippen LogP contribution in [0.5, 0.6) is 0 Å². The summed E-state index contributed by atoms with van der Waals surface area (Å²) in [4.78, 5) is 0. The van der Waals surface area contributed by atoms with Crippen molar-refractivity contribution in [2.75, 3.05) is 0 Å². The van der Waals surface area contributed by atoms with Gasteiger partial charge >= 0.3 is 0 Å². The molecule has 1 aromatic heterocycles. The molecule has 0 aliphatic rings. The second-order valence-corrected chi connectivity index (χ2v) is 4.33. The Morgan fingerprint density at radius 3 is 2.41 bits per heavy atom. The van der Waals surface area contributed by atoms with Crippen LogP contribution in [-0.2, 0) is 6.54 Å². The van der Waals surface area contributed by atoms with Crippen LogP contribution in [0.15, 0.2) is 24.3 Å². The van der Waals surface area contributed by atoms with Crippen LogP contribution < -0.4 is 0 Å². The summed E-state index contributed by atoms with van der Waals surface area (Å²) in [7, 11) is 0. The van der Waals surface area contributed by atoms with Gasteiger partial charge in [0.25, 0.3) is 0 Å². The summed E-state index contributed by atoms with van der Waals surface area (Å²) in [5.74, 6) is 0. The molecule has 0 spiro atoms. The van der Waals surface area contributed by atoms with Crippen molar-refractivity contribution in [3.63, 3.8) is 0 Å². The Kier molecular flexibility index (Phi) is 3.16. The van der Waals surface area contributed by atoms with Crippen molar-refractivity contribution in [1.29, 1.82) is 5.26 Å². The lowest BCUT2D eigenvalue weighted by Crippen LogP contribution is -2.03. The monoisotopic (exact) mass is 245 g/mol. The fourth-order valence-corrected chi connectivity index (χ4v) is 1.82. The van der Waals surface area contributed by atoms with Crippen LogP contribution >= 0.6 is 11.6 Å². The predicted octanol–water partition coefficient (Wildman–Crippen LogP) is 3.07. The highest BCUT2D eigenvalue weighted by molar-refractivity contribution is 6.31. The van der Waals surface area contributed by atoms with Crippen LogP contribution in [0.1, 0.15) is 22.5 Å². The normalized spacial score (nSPS) is 10.2. The molecule has 86 valence electrons. The predicted molar refractivity (Wildman–Crippen MR) is 67.0 cm³/mol. The van der Waals surface area contributed by atoms with Gasteiger partial charge in [0.05, 0.1) is 34.6 Å². The molecule has 0 atom stereocenters. The van der Waals surface area contributed by atoms with Crippen LogP contribution in [0.25, 0.3) is 0 Å². The van der Waals surface area contributed by atoms with Crippen LogP contribution in [0, 0.1) is 25.2 Å². The molecule has 3 nitrogen and oxygen atoms in total. The minimum Gasteiger partial charge on any atom is -0.264 e. The molecule has 0 N–H and O–H groups in total. The summed E-state index contributed by atoms with van der Waals surface area (Å²) in [5, 5.41) is 13.8. The van der Waals surface area contributed by atoms with Gasteiger partial charge < -0.3 is 0 Å². The minimum atomic E-state index is 0.667. The zero-order valence-corrected chi connectivity index (χ0v) is 10.5. The highest BCUT2D eigenvalue weighted by atomic mass is 35.5. The van der Waals surface area contributed by atoms with Crippen LogP contribution in [0.4, 0.5) is 0 Å². The average molecular weight is 246 g/mol. The van der Waals surface area contributed by atoms with Gasteiger partial charge in [0.1, 0.15) is 0 Å². The molecule has 0 saturated heterocycles. The Morgan fingerprint density at radius 2 is 1.94 bits per heavy atom. The van der Waals surface area contributed by atoms with Crippen molar-refractivity contribution in [3.8, 4) is 6.07 Å². The molecule has 0 radical (unpaired) electrons. The number of rotatable bonds is 2. The van der Waals surface area contributed by atoms with Crippen LogP contribution in [0.3, 0.4) is 0 Å². The average Bonchev–Trinajstić information content (AvgIpc) is 2.58. The van der Waals surface area contributed by atoms with E-state index >= 15 is 0 Å². The highest BCUT2D eigenvalue weighted by Gasteiger charge is 2.08. The van der Waals surface area contributed by atoms with Gasteiger partial charge in [0.15, 0.2) is 0 Å². The van der Waals surface area contributed by atoms with E-state index in [2.05, 4.69) is 11.2 Å². The van der Waals surface area contributed by atoms with E-state index in [1.54, 1.807) is 0 Å².